The van der Waals surface area contributed by atoms with Crippen LogP contribution in [-0.2, 0) is 17.1 Å². The zero-order valence-electron chi connectivity index (χ0n) is 12.7. The van der Waals surface area contributed by atoms with Crippen molar-refractivity contribution < 1.29 is 8.42 Å². The summed E-state index contributed by atoms with van der Waals surface area (Å²) in [5.74, 6) is 0.0575. The van der Waals surface area contributed by atoms with E-state index in [4.69, 9.17) is 0 Å². The fraction of sp³-hybridized carbons (Fsp3) is 0.500. The highest BCUT2D eigenvalue weighted by Gasteiger charge is 2.29. The second kappa shape index (κ2) is 5.77. The van der Waals surface area contributed by atoms with Crippen LogP contribution in [0.4, 0.5) is 0 Å². The molecule has 118 valence electrons. The van der Waals surface area contributed by atoms with E-state index >= 15 is 0 Å². The van der Waals surface area contributed by atoms with Crippen LogP contribution in [0.5, 0.6) is 0 Å². The number of aromatic nitrogens is 4. The van der Waals surface area contributed by atoms with E-state index in [0.717, 1.165) is 29.9 Å². The van der Waals surface area contributed by atoms with Crippen molar-refractivity contribution in [1.29, 1.82) is 0 Å². The van der Waals surface area contributed by atoms with Crippen LogP contribution in [0.15, 0.2) is 24.9 Å². The average Bonchev–Trinajstić information content (AvgIpc) is 2.92. The number of nitrogens with zero attached hydrogens (tertiary/aromatic N) is 5. The molecule has 2 aromatic rings. The molecule has 22 heavy (non-hydrogen) atoms. The van der Waals surface area contributed by atoms with E-state index in [1.54, 1.807) is 24.9 Å². The molecule has 1 atom stereocenters. The first-order chi connectivity index (χ1) is 10.5. The Balaban J connectivity index is 1.97. The van der Waals surface area contributed by atoms with E-state index in [1.807, 2.05) is 11.6 Å². The van der Waals surface area contributed by atoms with Gasteiger partial charge in [-0.2, -0.15) is 0 Å². The standard InChI is InChI=1S/C14H19N5O2S/c1-18-10-15-8-12(18)14-13(16-5-6-17-14)11-4-3-7-19(9-11)22(2,20)21/h5-6,8,10-11H,3-4,7,9H2,1-2H3. The SMILES string of the molecule is Cn1cncc1-c1nccnc1C1CCCN(S(C)(=O)=O)C1. The molecule has 0 amide bonds. The summed E-state index contributed by atoms with van der Waals surface area (Å²) in [6.45, 7) is 1.04. The average molecular weight is 321 g/mol. The Morgan fingerprint density at radius 2 is 2.05 bits per heavy atom. The molecule has 0 radical (unpaired) electrons. The molecule has 0 saturated carbocycles. The summed E-state index contributed by atoms with van der Waals surface area (Å²) in [6, 6.07) is 0. The lowest BCUT2D eigenvalue weighted by Crippen LogP contribution is -2.38. The maximum Gasteiger partial charge on any atom is 0.211 e. The topological polar surface area (TPSA) is 81.0 Å². The van der Waals surface area contributed by atoms with E-state index < -0.39 is 10.0 Å². The zero-order valence-corrected chi connectivity index (χ0v) is 13.5. The highest BCUT2D eigenvalue weighted by molar-refractivity contribution is 7.88. The van der Waals surface area contributed by atoms with Crippen molar-refractivity contribution >= 4 is 10.0 Å². The van der Waals surface area contributed by atoms with E-state index in [9.17, 15) is 8.42 Å². The van der Waals surface area contributed by atoms with Gasteiger partial charge < -0.3 is 4.57 Å². The van der Waals surface area contributed by atoms with Gasteiger partial charge in [-0.3, -0.25) is 9.97 Å². The Kier molecular flexibility index (Phi) is 3.96. The van der Waals surface area contributed by atoms with Gasteiger partial charge in [0.2, 0.25) is 10.0 Å². The molecule has 1 aliphatic rings. The maximum absolute atomic E-state index is 11.8. The van der Waals surface area contributed by atoms with Crippen LogP contribution in [0.3, 0.4) is 0 Å². The third-order valence-corrected chi connectivity index (χ3v) is 5.30. The largest absolute Gasteiger partial charge is 0.332 e. The van der Waals surface area contributed by atoms with E-state index in [2.05, 4.69) is 15.0 Å². The summed E-state index contributed by atoms with van der Waals surface area (Å²) in [5, 5.41) is 0. The number of sulfonamides is 1. The van der Waals surface area contributed by atoms with Crippen molar-refractivity contribution in [2.75, 3.05) is 19.3 Å². The van der Waals surface area contributed by atoms with Crippen molar-refractivity contribution in [3.05, 3.63) is 30.6 Å². The lowest BCUT2D eigenvalue weighted by atomic mass is 9.94. The minimum absolute atomic E-state index is 0.0575. The highest BCUT2D eigenvalue weighted by Crippen LogP contribution is 2.32. The summed E-state index contributed by atoms with van der Waals surface area (Å²) in [6.07, 6.45) is 9.79. The van der Waals surface area contributed by atoms with Crippen LogP contribution in [0.25, 0.3) is 11.4 Å². The molecule has 1 aliphatic heterocycles. The van der Waals surface area contributed by atoms with Gasteiger partial charge in [0.15, 0.2) is 0 Å². The van der Waals surface area contributed by atoms with Crippen LogP contribution in [0, 0.1) is 0 Å². The molecular formula is C14H19N5O2S. The predicted octanol–water partition coefficient (Wildman–Crippen LogP) is 1.02. The van der Waals surface area contributed by atoms with Gasteiger partial charge in [-0.15, -0.1) is 0 Å². The molecule has 3 rings (SSSR count). The Labute approximate surface area is 130 Å². The van der Waals surface area contributed by atoms with Crippen molar-refractivity contribution in [1.82, 2.24) is 23.8 Å². The van der Waals surface area contributed by atoms with Crippen LogP contribution in [0.1, 0.15) is 24.5 Å². The Morgan fingerprint density at radius 1 is 1.27 bits per heavy atom. The third kappa shape index (κ3) is 2.89. The van der Waals surface area contributed by atoms with Gasteiger partial charge in [0.05, 0.1) is 30.2 Å². The molecule has 1 saturated heterocycles. The van der Waals surface area contributed by atoms with Gasteiger partial charge in [-0.25, -0.2) is 17.7 Å². The Bertz CT molecular complexity index is 771. The van der Waals surface area contributed by atoms with Gasteiger partial charge in [-0.05, 0) is 12.8 Å². The smallest absolute Gasteiger partial charge is 0.211 e. The molecular weight excluding hydrogens is 302 g/mol. The first-order valence-electron chi connectivity index (χ1n) is 7.19. The molecule has 0 aromatic carbocycles. The molecule has 1 fully saturated rings. The number of hydrogen-bond acceptors (Lipinski definition) is 5. The van der Waals surface area contributed by atoms with Crippen LogP contribution in [-0.4, -0.2) is 51.6 Å². The van der Waals surface area contributed by atoms with Crippen molar-refractivity contribution in [3.63, 3.8) is 0 Å². The van der Waals surface area contributed by atoms with Gasteiger partial charge >= 0.3 is 0 Å². The van der Waals surface area contributed by atoms with E-state index in [0.29, 0.717) is 13.1 Å². The zero-order chi connectivity index (χ0) is 15.7. The molecule has 3 heterocycles. The van der Waals surface area contributed by atoms with Crippen molar-refractivity contribution in [2.24, 2.45) is 7.05 Å². The summed E-state index contributed by atoms with van der Waals surface area (Å²) >= 11 is 0. The van der Waals surface area contributed by atoms with Gasteiger partial charge in [-0.1, -0.05) is 0 Å². The monoisotopic (exact) mass is 321 g/mol. The molecule has 8 heteroatoms. The third-order valence-electron chi connectivity index (χ3n) is 4.03. The van der Waals surface area contributed by atoms with Gasteiger partial charge in [0.1, 0.15) is 5.69 Å². The first kappa shape index (κ1) is 15.1. The fourth-order valence-corrected chi connectivity index (χ4v) is 3.81. The Hall–Kier alpha value is -1.80. The molecule has 0 N–H and O–H groups in total. The molecule has 0 spiro atoms. The molecule has 0 aliphatic carbocycles. The number of hydrogen-bond donors (Lipinski definition) is 0. The van der Waals surface area contributed by atoms with Gasteiger partial charge in [0, 0.05) is 38.4 Å². The second-order valence-corrected chi connectivity index (χ2v) is 7.62. The lowest BCUT2D eigenvalue weighted by molar-refractivity contribution is 0.314. The minimum Gasteiger partial charge on any atom is -0.332 e. The van der Waals surface area contributed by atoms with Crippen molar-refractivity contribution in [3.8, 4) is 11.4 Å². The quantitative estimate of drug-likeness (QED) is 0.843. The number of rotatable bonds is 3. The van der Waals surface area contributed by atoms with E-state index in [1.165, 1.54) is 10.6 Å². The molecule has 1 unspecified atom stereocenters. The highest BCUT2D eigenvalue weighted by atomic mass is 32.2. The van der Waals surface area contributed by atoms with Crippen LogP contribution >= 0.6 is 0 Å². The van der Waals surface area contributed by atoms with Gasteiger partial charge in [0.25, 0.3) is 0 Å². The molecule has 7 nitrogen and oxygen atoms in total. The maximum atomic E-state index is 11.8. The van der Waals surface area contributed by atoms with Crippen molar-refractivity contribution in [2.45, 2.75) is 18.8 Å². The second-order valence-electron chi connectivity index (χ2n) is 5.64. The molecule has 0 bridgehead atoms. The minimum atomic E-state index is -3.17. The summed E-state index contributed by atoms with van der Waals surface area (Å²) in [7, 11) is -1.27. The predicted molar refractivity (Wildman–Crippen MR) is 82.6 cm³/mol. The number of piperidine rings is 1. The Morgan fingerprint density at radius 3 is 2.73 bits per heavy atom. The number of imidazole rings is 1. The van der Waals surface area contributed by atoms with Crippen LogP contribution in [0.2, 0.25) is 0 Å². The summed E-state index contributed by atoms with van der Waals surface area (Å²) < 4.78 is 27.0. The summed E-state index contributed by atoms with van der Waals surface area (Å²) in [4.78, 5) is 13.1. The fourth-order valence-electron chi connectivity index (χ4n) is 2.90. The molecule has 2 aromatic heterocycles. The normalized spacial score (nSPS) is 20.2. The summed E-state index contributed by atoms with van der Waals surface area (Å²) in [5.41, 5.74) is 2.52. The van der Waals surface area contributed by atoms with Crippen LogP contribution < -0.4 is 0 Å². The lowest BCUT2D eigenvalue weighted by Gasteiger charge is -2.31. The van der Waals surface area contributed by atoms with E-state index in [-0.39, 0.29) is 5.92 Å². The first-order valence-corrected chi connectivity index (χ1v) is 9.04. The number of aryl methyl sites for hydroxylation is 1.